The summed E-state index contributed by atoms with van der Waals surface area (Å²) in [5, 5.41) is 32.0. The molecule has 2 aromatic carbocycles. The maximum atomic E-state index is 13.6. The fourth-order valence-corrected chi connectivity index (χ4v) is 6.53. The van der Waals surface area contributed by atoms with Crippen LogP contribution >= 0.6 is 11.3 Å². The number of hydrogen-bond donors (Lipinski definition) is 3. The van der Waals surface area contributed by atoms with Crippen molar-refractivity contribution in [2.75, 3.05) is 13.1 Å². The smallest absolute Gasteiger partial charge is 0.271 e. The van der Waals surface area contributed by atoms with Crippen molar-refractivity contribution in [1.82, 2.24) is 20.5 Å². The van der Waals surface area contributed by atoms with Gasteiger partial charge in [-0.25, -0.2) is 4.98 Å². The Kier molecular flexibility index (Phi) is 8.53. The zero-order valence-electron chi connectivity index (χ0n) is 22.3. The van der Waals surface area contributed by atoms with Crippen LogP contribution in [0.3, 0.4) is 0 Å². The molecule has 5 rings (SSSR count). The summed E-state index contributed by atoms with van der Waals surface area (Å²) in [5.74, 6) is -0.951. The standard InChI is InChI=1S/C29H33N5O5S/c1-18-17-40-28(31-18)25-10-6-12-33(25)29(37)21-14-20(15-22(16-21)34(38)39)27(36)32-24(13-19-7-3-2-4-8-19)26(35)23-9-5-11-30-23/h2-4,7-8,14-17,23-26,30,35H,5-6,9-13H2,1H3,(H,32,36)/t23-,24+,25-,26-/m1/s1. The number of non-ortho nitro benzene ring substituents is 1. The molecular weight excluding hydrogens is 530 g/mol. The minimum Gasteiger partial charge on any atom is -0.389 e. The van der Waals surface area contributed by atoms with E-state index < -0.39 is 23.0 Å². The third-order valence-corrected chi connectivity index (χ3v) is 8.67. The molecule has 210 valence electrons. The van der Waals surface area contributed by atoms with Gasteiger partial charge in [0.2, 0.25) is 0 Å². The molecule has 3 heterocycles. The Morgan fingerprint density at radius 3 is 2.65 bits per heavy atom. The van der Waals surface area contributed by atoms with Crippen LogP contribution in [-0.4, -0.2) is 63.0 Å². The number of amides is 2. The summed E-state index contributed by atoms with van der Waals surface area (Å²) in [4.78, 5) is 44.6. The first-order chi connectivity index (χ1) is 19.3. The zero-order chi connectivity index (χ0) is 28.2. The van der Waals surface area contributed by atoms with Crippen molar-refractivity contribution < 1.29 is 19.6 Å². The van der Waals surface area contributed by atoms with E-state index in [1.54, 1.807) is 4.90 Å². The Morgan fingerprint density at radius 2 is 1.98 bits per heavy atom. The molecule has 10 nitrogen and oxygen atoms in total. The van der Waals surface area contributed by atoms with Crippen molar-refractivity contribution in [3.8, 4) is 0 Å². The molecule has 3 N–H and O–H groups in total. The third-order valence-electron chi connectivity index (χ3n) is 7.61. The number of nitro groups is 1. The number of nitrogens with one attached hydrogen (secondary N) is 2. The van der Waals surface area contributed by atoms with E-state index in [4.69, 9.17) is 0 Å². The van der Waals surface area contributed by atoms with E-state index in [0.717, 1.165) is 48.5 Å². The SMILES string of the molecule is Cc1csc([C@H]2CCCN2C(=O)c2cc(C(=O)N[C@@H](Cc3ccccc3)[C@H](O)[C@H]3CCCN3)cc([N+](=O)[O-])c2)n1. The van der Waals surface area contributed by atoms with Gasteiger partial charge >= 0.3 is 0 Å². The molecule has 1 aromatic heterocycles. The van der Waals surface area contributed by atoms with E-state index in [9.17, 15) is 24.8 Å². The summed E-state index contributed by atoms with van der Waals surface area (Å²) >= 11 is 1.49. The fraction of sp³-hybridized carbons (Fsp3) is 0.414. The van der Waals surface area contributed by atoms with Gasteiger partial charge in [-0.15, -0.1) is 11.3 Å². The molecule has 0 aliphatic carbocycles. The Bertz CT molecular complexity index is 1370. The number of rotatable bonds is 9. The van der Waals surface area contributed by atoms with Gasteiger partial charge in [-0.1, -0.05) is 30.3 Å². The first-order valence-corrected chi connectivity index (χ1v) is 14.5. The lowest BCUT2D eigenvalue weighted by Gasteiger charge is -2.29. The molecule has 0 bridgehead atoms. The Labute approximate surface area is 236 Å². The van der Waals surface area contributed by atoms with Gasteiger partial charge in [0.05, 0.1) is 23.1 Å². The number of hydrogen-bond acceptors (Lipinski definition) is 8. The van der Waals surface area contributed by atoms with Crippen molar-refractivity contribution in [3.63, 3.8) is 0 Å². The van der Waals surface area contributed by atoms with Gasteiger partial charge in [0.1, 0.15) is 5.01 Å². The average Bonchev–Trinajstić information content (AvgIpc) is 3.74. The summed E-state index contributed by atoms with van der Waals surface area (Å²) in [6, 6.07) is 12.3. The normalized spacial score (nSPS) is 20.3. The predicted molar refractivity (Wildman–Crippen MR) is 151 cm³/mol. The molecule has 2 aliphatic rings. The van der Waals surface area contributed by atoms with Crippen LogP contribution in [-0.2, 0) is 6.42 Å². The predicted octanol–water partition coefficient (Wildman–Crippen LogP) is 3.79. The number of aliphatic hydroxyl groups excluding tert-OH is 1. The summed E-state index contributed by atoms with van der Waals surface area (Å²) in [6.45, 7) is 3.20. The van der Waals surface area contributed by atoms with Gasteiger partial charge in [-0.05, 0) is 57.2 Å². The van der Waals surface area contributed by atoms with Gasteiger partial charge in [0, 0.05) is 46.9 Å². The lowest BCUT2D eigenvalue weighted by atomic mass is 9.95. The second-order valence-corrected chi connectivity index (χ2v) is 11.4. The number of carbonyl (C=O) groups excluding carboxylic acids is 2. The number of likely N-dealkylation sites (tertiary alicyclic amines) is 1. The molecule has 2 saturated heterocycles. The first kappa shape index (κ1) is 27.9. The number of thiazole rings is 1. The van der Waals surface area contributed by atoms with E-state index in [2.05, 4.69) is 15.6 Å². The van der Waals surface area contributed by atoms with E-state index in [0.29, 0.717) is 13.0 Å². The molecule has 2 fully saturated rings. The fourth-order valence-electron chi connectivity index (χ4n) is 5.59. The molecule has 0 radical (unpaired) electrons. The van der Waals surface area contributed by atoms with Crippen LogP contribution in [0.1, 0.15) is 68.7 Å². The maximum absolute atomic E-state index is 13.6. The average molecular weight is 564 g/mol. The highest BCUT2D eigenvalue weighted by Gasteiger charge is 2.35. The minimum absolute atomic E-state index is 0.00281. The lowest BCUT2D eigenvalue weighted by molar-refractivity contribution is -0.384. The summed E-state index contributed by atoms with van der Waals surface area (Å²) < 4.78 is 0. The topological polar surface area (TPSA) is 138 Å². The van der Waals surface area contributed by atoms with Gasteiger partial charge in [0.15, 0.2) is 0 Å². The van der Waals surface area contributed by atoms with Crippen molar-refractivity contribution in [2.45, 2.75) is 63.3 Å². The largest absolute Gasteiger partial charge is 0.389 e. The van der Waals surface area contributed by atoms with Crippen LogP contribution in [0.5, 0.6) is 0 Å². The number of aromatic nitrogens is 1. The quantitative estimate of drug-likeness (QED) is 0.266. The molecule has 0 unspecified atom stereocenters. The Morgan fingerprint density at radius 1 is 1.20 bits per heavy atom. The second kappa shape index (κ2) is 12.2. The van der Waals surface area contributed by atoms with E-state index in [1.165, 1.54) is 29.5 Å². The van der Waals surface area contributed by atoms with Crippen molar-refractivity contribution in [2.24, 2.45) is 0 Å². The van der Waals surface area contributed by atoms with E-state index in [1.807, 2.05) is 42.6 Å². The number of nitro benzene ring substituents is 1. The zero-order valence-corrected chi connectivity index (χ0v) is 23.1. The van der Waals surface area contributed by atoms with Gasteiger partial charge in [0.25, 0.3) is 17.5 Å². The maximum Gasteiger partial charge on any atom is 0.271 e. The number of aliphatic hydroxyl groups is 1. The number of nitrogens with zero attached hydrogens (tertiary/aromatic N) is 3. The van der Waals surface area contributed by atoms with Crippen LogP contribution < -0.4 is 10.6 Å². The van der Waals surface area contributed by atoms with Crippen LogP contribution in [0.2, 0.25) is 0 Å². The molecule has 40 heavy (non-hydrogen) atoms. The molecule has 2 aliphatic heterocycles. The monoisotopic (exact) mass is 563 g/mol. The van der Waals surface area contributed by atoms with Crippen LogP contribution in [0.15, 0.2) is 53.9 Å². The van der Waals surface area contributed by atoms with Crippen LogP contribution in [0.4, 0.5) is 5.69 Å². The van der Waals surface area contributed by atoms with E-state index in [-0.39, 0.29) is 34.8 Å². The first-order valence-electron chi connectivity index (χ1n) is 13.6. The highest BCUT2D eigenvalue weighted by Crippen LogP contribution is 2.35. The second-order valence-electron chi connectivity index (χ2n) is 10.5. The Hall–Kier alpha value is -3.67. The van der Waals surface area contributed by atoms with Gasteiger partial charge < -0.3 is 20.6 Å². The molecule has 3 aromatic rings. The molecule has 0 saturated carbocycles. The number of aryl methyl sites for hydroxylation is 1. The molecule has 11 heteroatoms. The molecule has 4 atom stereocenters. The summed E-state index contributed by atoms with van der Waals surface area (Å²) in [7, 11) is 0. The number of carbonyl (C=O) groups is 2. The molecule has 2 amide bonds. The van der Waals surface area contributed by atoms with Crippen molar-refractivity contribution in [3.05, 3.63) is 91.4 Å². The van der Waals surface area contributed by atoms with Gasteiger partial charge in [-0.3, -0.25) is 19.7 Å². The minimum atomic E-state index is -0.862. The highest BCUT2D eigenvalue weighted by molar-refractivity contribution is 7.09. The Balaban J connectivity index is 1.41. The molecular formula is C29H33N5O5S. The number of benzene rings is 2. The van der Waals surface area contributed by atoms with Gasteiger partial charge in [-0.2, -0.15) is 0 Å². The van der Waals surface area contributed by atoms with Crippen molar-refractivity contribution in [1.29, 1.82) is 0 Å². The highest BCUT2D eigenvalue weighted by atomic mass is 32.1. The van der Waals surface area contributed by atoms with Crippen molar-refractivity contribution >= 4 is 28.8 Å². The molecule has 0 spiro atoms. The van der Waals surface area contributed by atoms with E-state index >= 15 is 0 Å². The summed E-state index contributed by atoms with van der Waals surface area (Å²) in [5.41, 5.74) is 1.57. The third kappa shape index (κ3) is 6.22. The van der Waals surface area contributed by atoms with Crippen LogP contribution in [0, 0.1) is 17.0 Å². The lowest BCUT2D eigenvalue weighted by Crippen LogP contribution is -2.52. The van der Waals surface area contributed by atoms with Crippen LogP contribution in [0.25, 0.3) is 0 Å². The summed E-state index contributed by atoms with van der Waals surface area (Å²) in [6.07, 6.45) is 2.80.